The summed E-state index contributed by atoms with van der Waals surface area (Å²) < 4.78 is 0. The number of hydrogen-bond acceptors (Lipinski definition) is 5. The number of piperazine rings is 1. The van der Waals surface area contributed by atoms with Crippen molar-refractivity contribution < 1.29 is 0 Å². The fourth-order valence-electron chi connectivity index (χ4n) is 2.40. The first-order valence-electron chi connectivity index (χ1n) is 6.65. The Morgan fingerprint density at radius 3 is 2.78 bits per heavy atom. The van der Waals surface area contributed by atoms with Gasteiger partial charge in [-0.2, -0.15) is 0 Å². The fraction of sp³-hybridized carbons (Fsp3) is 0.692. The summed E-state index contributed by atoms with van der Waals surface area (Å²) in [5.41, 5.74) is 0. The van der Waals surface area contributed by atoms with Gasteiger partial charge in [-0.25, -0.2) is 9.97 Å². The van der Waals surface area contributed by atoms with Crippen LogP contribution in [0.3, 0.4) is 0 Å². The van der Waals surface area contributed by atoms with Gasteiger partial charge in [-0.15, -0.1) is 0 Å². The van der Waals surface area contributed by atoms with Crippen LogP contribution in [0.4, 0.5) is 11.6 Å². The Hall–Kier alpha value is -1.36. The number of rotatable bonds is 3. The first-order valence-corrected chi connectivity index (χ1v) is 6.65. The maximum Gasteiger partial charge on any atom is 0.134 e. The predicted molar refractivity (Wildman–Crippen MR) is 75.3 cm³/mol. The fourth-order valence-corrected chi connectivity index (χ4v) is 2.40. The zero-order valence-corrected chi connectivity index (χ0v) is 11.8. The van der Waals surface area contributed by atoms with E-state index in [1.165, 1.54) is 0 Å². The van der Waals surface area contributed by atoms with Gasteiger partial charge in [0.05, 0.1) is 0 Å². The second-order valence-electron chi connectivity index (χ2n) is 4.94. The molecular formula is C13H23N5. The average molecular weight is 249 g/mol. The highest BCUT2D eigenvalue weighted by atomic mass is 15.3. The van der Waals surface area contributed by atoms with E-state index in [1.54, 1.807) is 0 Å². The summed E-state index contributed by atoms with van der Waals surface area (Å²) in [4.78, 5) is 13.8. The normalized spacial score (nSPS) is 21.1. The minimum absolute atomic E-state index is 0.494. The molecule has 0 aliphatic carbocycles. The highest BCUT2D eigenvalue weighted by Crippen LogP contribution is 2.20. The largest absolute Gasteiger partial charge is 0.373 e. The standard InChI is InChI=1S/C13H23N5/c1-5-11-15-12(14-3)8-13(16-11)18-7-6-17(4)9-10(18)2/h8,10H,5-7,9H2,1-4H3,(H,14,15,16). The van der Waals surface area contributed by atoms with E-state index in [-0.39, 0.29) is 0 Å². The van der Waals surface area contributed by atoms with Crippen molar-refractivity contribution in [2.45, 2.75) is 26.3 Å². The Balaban J connectivity index is 2.26. The molecule has 0 radical (unpaired) electrons. The molecule has 1 aliphatic rings. The van der Waals surface area contributed by atoms with Gasteiger partial charge in [0.1, 0.15) is 17.5 Å². The van der Waals surface area contributed by atoms with Crippen molar-refractivity contribution in [3.05, 3.63) is 11.9 Å². The van der Waals surface area contributed by atoms with Gasteiger partial charge in [-0.3, -0.25) is 0 Å². The predicted octanol–water partition coefficient (Wildman–Crippen LogP) is 1.22. The third-order valence-electron chi connectivity index (χ3n) is 3.46. The van der Waals surface area contributed by atoms with Gasteiger partial charge >= 0.3 is 0 Å². The average Bonchev–Trinajstić information content (AvgIpc) is 2.38. The molecule has 5 nitrogen and oxygen atoms in total. The van der Waals surface area contributed by atoms with Crippen LogP contribution in [-0.4, -0.2) is 54.6 Å². The lowest BCUT2D eigenvalue weighted by Gasteiger charge is -2.39. The molecule has 5 heteroatoms. The smallest absolute Gasteiger partial charge is 0.134 e. The summed E-state index contributed by atoms with van der Waals surface area (Å²) in [6, 6.07) is 2.54. The van der Waals surface area contributed by atoms with Crippen LogP contribution in [0.15, 0.2) is 6.07 Å². The zero-order chi connectivity index (χ0) is 13.1. The van der Waals surface area contributed by atoms with Gasteiger partial charge in [0.25, 0.3) is 0 Å². The topological polar surface area (TPSA) is 44.3 Å². The molecule has 18 heavy (non-hydrogen) atoms. The highest BCUT2D eigenvalue weighted by Gasteiger charge is 2.23. The van der Waals surface area contributed by atoms with Gasteiger partial charge in [0.15, 0.2) is 0 Å². The van der Waals surface area contributed by atoms with Crippen molar-refractivity contribution in [1.82, 2.24) is 14.9 Å². The first-order chi connectivity index (χ1) is 8.63. The number of likely N-dealkylation sites (N-methyl/N-ethyl adjacent to an activating group) is 1. The lowest BCUT2D eigenvalue weighted by molar-refractivity contribution is 0.274. The second kappa shape index (κ2) is 5.52. The minimum atomic E-state index is 0.494. The molecule has 1 atom stereocenters. The molecule has 2 heterocycles. The van der Waals surface area contributed by atoms with Gasteiger partial charge in [0, 0.05) is 45.2 Å². The van der Waals surface area contributed by atoms with Crippen molar-refractivity contribution in [2.75, 3.05) is 43.9 Å². The Morgan fingerprint density at radius 1 is 1.39 bits per heavy atom. The summed E-state index contributed by atoms with van der Waals surface area (Å²) in [6.45, 7) is 7.54. The Bertz CT molecular complexity index is 384. The molecule has 0 aromatic carbocycles. The van der Waals surface area contributed by atoms with Crippen LogP contribution in [0.25, 0.3) is 0 Å². The van der Waals surface area contributed by atoms with E-state index < -0.39 is 0 Å². The highest BCUT2D eigenvalue weighted by molar-refractivity contribution is 5.50. The number of anilines is 2. The van der Waals surface area contributed by atoms with Gasteiger partial charge in [-0.05, 0) is 14.0 Å². The number of hydrogen-bond donors (Lipinski definition) is 1. The molecule has 0 amide bonds. The van der Waals surface area contributed by atoms with Crippen LogP contribution in [0, 0.1) is 0 Å². The Morgan fingerprint density at radius 2 is 2.17 bits per heavy atom. The molecule has 0 spiro atoms. The third kappa shape index (κ3) is 2.72. The number of nitrogens with one attached hydrogen (secondary N) is 1. The third-order valence-corrected chi connectivity index (χ3v) is 3.46. The van der Waals surface area contributed by atoms with Gasteiger partial charge < -0.3 is 15.1 Å². The Kier molecular flexibility index (Phi) is 4.01. The maximum absolute atomic E-state index is 4.66. The summed E-state index contributed by atoms with van der Waals surface area (Å²) in [5, 5.41) is 3.12. The molecule has 0 saturated carbocycles. The molecule has 100 valence electrons. The van der Waals surface area contributed by atoms with Crippen molar-refractivity contribution in [3.63, 3.8) is 0 Å². The molecule has 1 fully saturated rings. The van der Waals surface area contributed by atoms with Gasteiger partial charge in [-0.1, -0.05) is 6.92 Å². The quantitative estimate of drug-likeness (QED) is 0.872. The summed E-state index contributed by atoms with van der Waals surface area (Å²) in [7, 11) is 4.07. The molecule has 1 N–H and O–H groups in total. The lowest BCUT2D eigenvalue weighted by atomic mass is 10.2. The summed E-state index contributed by atoms with van der Waals surface area (Å²) in [5.74, 6) is 2.86. The molecule has 1 aliphatic heterocycles. The van der Waals surface area contributed by atoms with E-state index in [9.17, 15) is 0 Å². The SMILES string of the molecule is CCc1nc(NC)cc(N2CCN(C)CC2C)n1. The molecular weight excluding hydrogens is 226 g/mol. The van der Waals surface area contributed by atoms with Crippen LogP contribution in [0.1, 0.15) is 19.7 Å². The van der Waals surface area contributed by atoms with Crippen molar-refractivity contribution in [3.8, 4) is 0 Å². The van der Waals surface area contributed by atoms with Crippen molar-refractivity contribution in [1.29, 1.82) is 0 Å². The van der Waals surface area contributed by atoms with Crippen LogP contribution >= 0.6 is 0 Å². The van der Waals surface area contributed by atoms with Gasteiger partial charge in [0.2, 0.25) is 0 Å². The van der Waals surface area contributed by atoms with E-state index in [4.69, 9.17) is 0 Å². The molecule has 1 aromatic rings. The molecule has 0 bridgehead atoms. The van der Waals surface area contributed by atoms with Crippen LogP contribution in [0.5, 0.6) is 0 Å². The van der Waals surface area contributed by atoms with Crippen LogP contribution in [-0.2, 0) is 6.42 Å². The number of aromatic nitrogens is 2. The minimum Gasteiger partial charge on any atom is -0.373 e. The molecule has 1 aromatic heterocycles. The van der Waals surface area contributed by atoms with E-state index in [0.717, 1.165) is 43.5 Å². The maximum atomic E-state index is 4.66. The van der Waals surface area contributed by atoms with E-state index in [2.05, 4.69) is 46.0 Å². The van der Waals surface area contributed by atoms with Crippen molar-refractivity contribution >= 4 is 11.6 Å². The van der Waals surface area contributed by atoms with Crippen LogP contribution in [0.2, 0.25) is 0 Å². The molecule has 1 unspecified atom stereocenters. The van der Waals surface area contributed by atoms with Crippen molar-refractivity contribution in [2.24, 2.45) is 0 Å². The monoisotopic (exact) mass is 249 g/mol. The lowest BCUT2D eigenvalue weighted by Crippen LogP contribution is -2.50. The molecule has 1 saturated heterocycles. The summed E-state index contributed by atoms with van der Waals surface area (Å²) >= 11 is 0. The zero-order valence-electron chi connectivity index (χ0n) is 11.8. The number of aryl methyl sites for hydroxylation is 1. The van der Waals surface area contributed by atoms with E-state index in [1.807, 2.05) is 13.1 Å². The second-order valence-corrected chi connectivity index (χ2v) is 4.94. The Labute approximate surface area is 109 Å². The van der Waals surface area contributed by atoms with E-state index in [0.29, 0.717) is 6.04 Å². The number of nitrogens with zero attached hydrogens (tertiary/aromatic N) is 4. The first kappa shape index (κ1) is 13.1. The van der Waals surface area contributed by atoms with E-state index >= 15 is 0 Å². The molecule has 2 rings (SSSR count). The summed E-state index contributed by atoms with van der Waals surface area (Å²) in [6.07, 6.45) is 0.866. The van der Waals surface area contributed by atoms with Crippen LogP contribution < -0.4 is 10.2 Å².